The normalized spacial score (nSPS) is 22.0. The number of nitrogens with zero attached hydrogens (tertiary/aromatic N) is 1. The van der Waals surface area contributed by atoms with E-state index in [-0.39, 0.29) is 24.0 Å². The second kappa shape index (κ2) is 6.49. The Hall–Kier alpha value is -1.98. The summed E-state index contributed by atoms with van der Waals surface area (Å²) < 4.78 is 5.28. The first-order chi connectivity index (χ1) is 11.4. The van der Waals surface area contributed by atoms with Crippen molar-refractivity contribution in [1.82, 2.24) is 10.3 Å². The number of aliphatic hydroxyl groups is 1. The zero-order valence-electron chi connectivity index (χ0n) is 14.3. The van der Waals surface area contributed by atoms with Crippen LogP contribution in [0.1, 0.15) is 38.3 Å². The Balaban J connectivity index is 1.90. The molecule has 128 valence electrons. The second-order valence-electron chi connectivity index (χ2n) is 7.01. The van der Waals surface area contributed by atoms with Crippen LogP contribution < -0.4 is 5.32 Å². The van der Waals surface area contributed by atoms with Crippen molar-refractivity contribution in [2.45, 2.75) is 44.4 Å². The van der Waals surface area contributed by atoms with Gasteiger partial charge >= 0.3 is 0 Å². The largest absolute Gasteiger partial charge is 0.393 e. The maximum atomic E-state index is 12.6. The summed E-state index contributed by atoms with van der Waals surface area (Å²) in [5.74, 6) is 0.0455. The number of hydrogen-bond donors (Lipinski definition) is 2. The highest BCUT2D eigenvalue weighted by Gasteiger charge is 2.38. The average molecular weight is 328 g/mol. The third-order valence-electron chi connectivity index (χ3n) is 4.94. The van der Waals surface area contributed by atoms with Crippen molar-refractivity contribution in [1.29, 1.82) is 0 Å². The molecular weight excluding hydrogens is 304 g/mol. The zero-order chi connectivity index (χ0) is 17.3. The van der Waals surface area contributed by atoms with Crippen LogP contribution in [-0.2, 0) is 9.53 Å². The van der Waals surface area contributed by atoms with Gasteiger partial charge in [0.15, 0.2) is 0 Å². The van der Waals surface area contributed by atoms with Crippen LogP contribution in [0.3, 0.4) is 0 Å². The molecule has 1 unspecified atom stereocenters. The van der Waals surface area contributed by atoms with Gasteiger partial charge in [-0.25, -0.2) is 0 Å². The first-order valence-corrected chi connectivity index (χ1v) is 8.29. The SMILES string of the molecule is COC(C)(C)C(=O)NC(c1cnc2ccccc2c1)C1CC(O)C1. The number of carbonyl (C=O) groups excluding carboxylic acids is 1. The van der Waals surface area contributed by atoms with Crippen molar-refractivity contribution in [3.8, 4) is 0 Å². The third kappa shape index (κ3) is 3.28. The highest BCUT2D eigenvalue weighted by molar-refractivity contribution is 5.85. The molecule has 0 bridgehead atoms. The number of ether oxygens (including phenoxy) is 1. The Morgan fingerprint density at radius 3 is 2.75 bits per heavy atom. The molecule has 3 rings (SSSR count). The van der Waals surface area contributed by atoms with Crippen molar-refractivity contribution in [3.63, 3.8) is 0 Å². The third-order valence-corrected chi connectivity index (χ3v) is 4.94. The second-order valence-corrected chi connectivity index (χ2v) is 7.01. The summed E-state index contributed by atoms with van der Waals surface area (Å²) >= 11 is 0. The number of nitrogens with one attached hydrogen (secondary N) is 1. The van der Waals surface area contributed by atoms with Crippen LogP contribution in [0, 0.1) is 5.92 Å². The molecule has 2 aromatic rings. The fourth-order valence-electron chi connectivity index (χ4n) is 3.04. The lowest BCUT2D eigenvalue weighted by Crippen LogP contribution is -2.49. The van der Waals surface area contributed by atoms with E-state index in [1.807, 2.05) is 30.5 Å². The van der Waals surface area contributed by atoms with E-state index in [0.29, 0.717) is 12.8 Å². The van der Waals surface area contributed by atoms with Gasteiger partial charge in [0, 0.05) is 18.7 Å². The van der Waals surface area contributed by atoms with Crippen LogP contribution in [-0.4, -0.2) is 34.8 Å². The van der Waals surface area contributed by atoms with Crippen LogP contribution in [0.15, 0.2) is 36.5 Å². The Kier molecular flexibility index (Phi) is 4.56. The Labute approximate surface area is 142 Å². The van der Waals surface area contributed by atoms with Gasteiger partial charge in [0.05, 0.1) is 17.7 Å². The summed E-state index contributed by atoms with van der Waals surface area (Å²) in [5, 5.41) is 13.8. The summed E-state index contributed by atoms with van der Waals surface area (Å²) in [6, 6.07) is 9.80. The predicted molar refractivity (Wildman–Crippen MR) is 92.4 cm³/mol. The molecule has 1 fully saturated rings. The van der Waals surface area contributed by atoms with E-state index >= 15 is 0 Å². The number of hydrogen-bond acceptors (Lipinski definition) is 4. The van der Waals surface area contributed by atoms with Crippen molar-refractivity contribution >= 4 is 16.8 Å². The molecule has 1 aliphatic rings. The molecule has 1 saturated carbocycles. The highest BCUT2D eigenvalue weighted by atomic mass is 16.5. The molecular formula is C19H24N2O3. The van der Waals surface area contributed by atoms with Crippen LogP contribution in [0.2, 0.25) is 0 Å². The molecule has 5 heteroatoms. The summed E-state index contributed by atoms with van der Waals surface area (Å²) in [7, 11) is 1.53. The number of carbonyl (C=O) groups is 1. The van der Waals surface area contributed by atoms with Gasteiger partial charge in [0.25, 0.3) is 5.91 Å². The van der Waals surface area contributed by atoms with Gasteiger partial charge in [-0.2, -0.15) is 0 Å². The number of fused-ring (bicyclic) bond motifs is 1. The smallest absolute Gasteiger partial charge is 0.252 e. The quantitative estimate of drug-likeness (QED) is 0.885. The molecule has 2 N–H and O–H groups in total. The fourth-order valence-corrected chi connectivity index (χ4v) is 3.04. The molecule has 1 atom stereocenters. The van der Waals surface area contributed by atoms with E-state index in [0.717, 1.165) is 16.5 Å². The molecule has 1 heterocycles. The molecule has 1 aromatic heterocycles. The van der Waals surface area contributed by atoms with E-state index in [2.05, 4.69) is 16.4 Å². The lowest BCUT2D eigenvalue weighted by atomic mass is 9.75. The molecule has 1 amide bonds. The van der Waals surface area contributed by atoms with E-state index in [1.54, 1.807) is 13.8 Å². The van der Waals surface area contributed by atoms with Gasteiger partial charge in [-0.05, 0) is 50.3 Å². The van der Waals surface area contributed by atoms with E-state index in [1.165, 1.54) is 7.11 Å². The predicted octanol–water partition coefficient (Wildman–Crippen LogP) is 2.59. The molecule has 0 aliphatic heterocycles. The molecule has 1 aliphatic carbocycles. The Bertz CT molecular complexity index is 738. The number of aliphatic hydroxyl groups excluding tert-OH is 1. The Morgan fingerprint density at radius 2 is 2.08 bits per heavy atom. The van der Waals surface area contributed by atoms with Gasteiger partial charge in [0.2, 0.25) is 0 Å². The first-order valence-electron chi connectivity index (χ1n) is 8.29. The Morgan fingerprint density at radius 1 is 1.38 bits per heavy atom. The molecule has 24 heavy (non-hydrogen) atoms. The summed E-state index contributed by atoms with van der Waals surface area (Å²) in [5.41, 5.74) is 0.994. The van der Waals surface area contributed by atoms with Gasteiger partial charge in [-0.3, -0.25) is 9.78 Å². The number of aromatic nitrogens is 1. The maximum Gasteiger partial charge on any atom is 0.252 e. The molecule has 0 saturated heterocycles. The summed E-state index contributed by atoms with van der Waals surface area (Å²) in [4.78, 5) is 17.1. The number of methoxy groups -OCH3 is 1. The van der Waals surface area contributed by atoms with Gasteiger partial charge in [-0.1, -0.05) is 18.2 Å². The van der Waals surface area contributed by atoms with Crippen LogP contribution in [0.25, 0.3) is 10.9 Å². The number of amides is 1. The van der Waals surface area contributed by atoms with Crippen molar-refractivity contribution < 1.29 is 14.6 Å². The minimum absolute atomic E-state index is 0.162. The van der Waals surface area contributed by atoms with Crippen molar-refractivity contribution in [3.05, 3.63) is 42.1 Å². The van der Waals surface area contributed by atoms with Crippen LogP contribution in [0.5, 0.6) is 0 Å². The van der Waals surface area contributed by atoms with Gasteiger partial charge in [0.1, 0.15) is 5.60 Å². The minimum atomic E-state index is -0.898. The van der Waals surface area contributed by atoms with Crippen molar-refractivity contribution in [2.75, 3.05) is 7.11 Å². The summed E-state index contributed by atoms with van der Waals surface area (Å²) in [6.45, 7) is 3.49. The van der Waals surface area contributed by atoms with E-state index in [4.69, 9.17) is 4.74 Å². The highest BCUT2D eigenvalue weighted by Crippen LogP contribution is 2.38. The van der Waals surface area contributed by atoms with Crippen LogP contribution >= 0.6 is 0 Å². The fraction of sp³-hybridized carbons (Fsp3) is 0.474. The van der Waals surface area contributed by atoms with E-state index < -0.39 is 5.60 Å². The molecule has 0 spiro atoms. The molecule has 1 aromatic carbocycles. The van der Waals surface area contributed by atoms with Crippen molar-refractivity contribution in [2.24, 2.45) is 5.92 Å². The van der Waals surface area contributed by atoms with Crippen LogP contribution in [0.4, 0.5) is 0 Å². The first kappa shape index (κ1) is 16.9. The van der Waals surface area contributed by atoms with Gasteiger partial charge in [-0.15, -0.1) is 0 Å². The number of para-hydroxylation sites is 1. The lowest BCUT2D eigenvalue weighted by Gasteiger charge is -2.39. The monoisotopic (exact) mass is 328 g/mol. The maximum absolute atomic E-state index is 12.6. The number of rotatable bonds is 5. The zero-order valence-corrected chi connectivity index (χ0v) is 14.3. The standard InChI is InChI=1S/C19H24N2O3/c1-19(2,24-3)18(23)21-17(13-9-15(22)10-13)14-8-12-6-4-5-7-16(12)20-11-14/h4-8,11,13,15,17,22H,9-10H2,1-3H3,(H,21,23). The molecule has 0 radical (unpaired) electrons. The number of pyridine rings is 1. The van der Waals surface area contributed by atoms with E-state index in [9.17, 15) is 9.90 Å². The summed E-state index contributed by atoms with van der Waals surface area (Å²) in [6.07, 6.45) is 2.91. The number of benzene rings is 1. The molecule has 5 nitrogen and oxygen atoms in total. The van der Waals surface area contributed by atoms with Gasteiger partial charge < -0.3 is 15.2 Å². The lowest BCUT2D eigenvalue weighted by molar-refractivity contribution is -0.141. The minimum Gasteiger partial charge on any atom is -0.393 e. The average Bonchev–Trinajstić information content (AvgIpc) is 2.56. The topological polar surface area (TPSA) is 71.5 Å².